The molecule has 0 aliphatic heterocycles. The van der Waals surface area contributed by atoms with E-state index in [4.69, 9.17) is 4.57 Å². The van der Waals surface area contributed by atoms with Crippen molar-refractivity contribution in [2.45, 2.75) is 0 Å². The van der Waals surface area contributed by atoms with Crippen LogP contribution in [0.2, 0.25) is 0 Å². The predicted octanol–water partition coefficient (Wildman–Crippen LogP) is 1.39. The van der Waals surface area contributed by atoms with Gasteiger partial charge in [0.1, 0.15) is 0 Å². The van der Waals surface area contributed by atoms with Crippen molar-refractivity contribution in [1.82, 2.24) is 0 Å². The fourth-order valence-electron chi connectivity index (χ4n) is 0. The van der Waals surface area contributed by atoms with Crippen molar-refractivity contribution in [1.29, 1.82) is 0 Å². The Kier molecular flexibility index (Phi) is 97.2. The summed E-state index contributed by atoms with van der Waals surface area (Å²) in [5, 5.41) is 0. The van der Waals surface area contributed by atoms with Gasteiger partial charge in [-0.1, -0.05) is 0 Å². The molecule has 0 N–H and O–H groups in total. The number of hydrogen-bond acceptors (Lipinski definition) is 2. The van der Waals surface area contributed by atoms with Crippen LogP contribution >= 0.6 is 19.7 Å². The molecule has 0 fully saturated rings. The van der Waals surface area contributed by atoms with E-state index in [0.29, 0.717) is 0 Å². The quantitative estimate of drug-likeness (QED) is 0.376. The summed E-state index contributed by atoms with van der Waals surface area (Å²) >= 11 is 3.77. The van der Waals surface area contributed by atoms with Gasteiger partial charge in [0.05, 0.1) is 0 Å². The summed E-state index contributed by atoms with van der Waals surface area (Å²) < 4.78 is 7.94. The zero-order valence-electron chi connectivity index (χ0n) is 1.57. The van der Waals surface area contributed by atoms with E-state index in [2.05, 4.69) is 34.1 Å². The van der Waals surface area contributed by atoms with Crippen LogP contribution in [0.3, 0.4) is 0 Å². The van der Waals surface area contributed by atoms with Gasteiger partial charge in [-0.2, -0.15) is 0 Å². The Bertz CT molecular complexity index is 10.0. The van der Waals surface area contributed by atoms with Gasteiger partial charge in [0.2, 0.25) is 0 Å². The second-order valence-corrected chi connectivity index (χ2v) is 0. The third-order valence-corrected chi connectivity index (χ3v) is 0. The van der Waals surface area contributed by atoms with Crippen molar-refractivity contribution >= 4 is 19.7 Å². The third-order valence-electron chi connectivity index (χ3n) is 0. The topological polar surface area (TPSA) is 17.1 Å². The molecule has 1 radical (unpaired) electrons. The van der Waals surface area contributed by atoms with E-state index in [9.17, 15) is 0 Å². The number of rotatable bonds is 0. The van der Waals surface area contributed by atoms with E-state index in [1.165, 1.54) is 0 Å². The molecule has 0 amide bonds. The minimum atomic E-state index is 2.28. The maximum atomic E-state index is 7.94. The second kappa shape index (κ2) is 43.9. The van der Waals surface area contributed by atoms with Crippen LogP contribution in [0.1, 0.15) is 0 Å². The molecule has 0 bridgehead atoms. The maximum absolute atomic E-state index is 7.94. The van der Waals surface area contributed by atoms with Gasteiger partial charge in [-0.25, -0.2) is 0 Å². The Morgan fingerprint density at radius 2 is 1.50 bits per heavy atom. The summed E-state index contributed by atoms with van der Waals surface area (Å²) in [7, 11) is 5.92. The molecule has 0 saturated carbocycles. The van der Waals surface area contributed by atoms with E-state index in [-0.39, 0.29) is 0 Å². The van der Waals surface area contributed by atoms with Gasteiger partial charge >= 0.3 is 24.9 Å². The molecular weight excluding hydrogens is 143 g/mol. The van der Waals surface area contributed by atoms with Gasteiger partial charge < -0.3 is 0 Å². The first-order valence-electron chi connectivity index (χ1n) is 0.306. The minimum absolute atomic E-state index is 2.28. The molecule has 1 nitrogen and oxygen atoms in total. The predicted molar refractivity (Wildman–Crippen MR) is 15.2 cm³/mol. The van der Waals surface area contributed by atoms with Gasteiger partial charge in [0, 0.05) is 0 Å². The summed E-state index contributed by atoms with van der Waals surface area (Å²) in [4.78, 5) is 0. The van der Waals surface area contributed by atoms with Crippen LogP contribution in [0, 0.1) is 0 Å². The zero-order chi connectivity index (χ0) is 4.00. The molecule has 4 heteroatoms. The summed E-state index contributed by atoms with van der Waals surface area (Å²) in [6.45, 7) is 0. The Balaban J connectivity index is 0. The Labute approximate surface area is 39.1 Å². The molecule has 0 aliphatic carbocycles. The summed E-state index contributed by atoms with van der Waals surface area (Å²) in [6, 6.07) is 0. The first kappa shape index (κ1) is 8.85. The van der Waals surface area contributed by atoms with E-state index < -0.39 is 0 Å². The molecule has 28 valence electrons. The van der Waals surface area contributed by atoms with Crippen LogP contribution in [0.15, 0.2) is 0 Å². The van der Waals surface area contributed by atoms with Crippen LogP contribution in [-0.2, 0) is 18.9 Å². The van der Waals surface area contributed by atoms with Crippen LogP contribution in [-0.4, -0.2) is 0 Å². The molecule has 0 saturated heterocycles. The Hall–Kier alpha value is 0.839. The second-order valence-electron chi connectivity index (χ2n) is 0. The molecule has 0 aromatic rings. The average Bonchev–Trinajstić information content (AvgIpc) is 1.50. The molecule has 0 rings (SSSR count). The normalized spacial score (nSPS) is 2.50. The fourth-order valence-corrected chi connectivity index (χ4v) is 0. The van der Waals surface area contributed by atoms with E-state index in [1.807, 2.05) is 0 Å². The standard InChI is InChI=1S/Cu.OP.S/c;1-2;. The van der Waals surface area contributed by atoms with Gasteiger partial charge in [-0.15, -0.1) is 0 Å². The summed E-state index contributed by atoms with van der Waals surface area (Å²) in [5.41, 5.74) is 0. The monoisotopic (exact) mass is 142 g/mol. The van der Waals surface area contributed by atoms with Gasteiger partial charge in [-0.3, -0.25) is 4.57 Å². The zero-order valence-corrected chi connectivity index (χ0v) is 4.22. The van der Waals surface area contributed by atoms with Crippen LogP contribution < -0.4 is 0 Å². The Morgan fingerprint density at radius 1 is 1.50 bits per heavy atom. The van der Waals surface area contributed by atoms with Crippen molar-refractivity contribution in [3.05, 3.63) is 0 Å². The van der Waals surface area contributed by atoms with Crippen LogP contribution in [0.25, 0.3) is 0 Å². The van der Waals surface area contributed by atoms with E-state index >= 15 is 0 Å². The van der Waals surface area contributed by atoms with Crippen molar-refractivity contribution < 1.29 is 18.9 Å². The molecule has 0 heterocycles. The van der Waals surface area contributed by atoms with E-state index in [0.717, 1.165) is 0 Å². The third kappa shape index (κ3) is 13.6. The van der Waals surface area contributed by atoms with Crippen molar-refractivity contribution in [2.75, 3.05) is 0 Å². The van der Waals surface area contributed by atoms with E-state index in [1.54, 1.807) is 0 Å². The first-order valence-corrected chi connectivity index (χ1v) is 2.07. The molecular formula is CuOPS. The SMILES string of the molecule is O=[P].[S]=[Cu]. The summed E-state index contributed by atoms with van der Waals surface area (Å²) in [5.74, 6) is 0. The molecule has 0 spiro atoms. The van der Waals surface area contributed by atoms with Crippen LogP contribution in [0.4, 0.5) is 0 Å². The molecule has 0 aromatic heterocycles. The van der Waals surface area contributed by atoms with Gasteiger partial charge in [-0.05, 0) is 0 Å². The van der Waals surface area contributed by atoms with Gasteiger partial charge in [0.15, 0.2) is 0 Å². The van der Waals surface area contributed by atoms with Crippen molar-refractivity contribution in [3.63, 3.8) is 0 Å². The molecule has 0 aromatic carbocycles. The summed E-state index contributed by atoms with van der Waals surface area (Å²) in [6.07, 6.45) is 0. The molecule has 0 unspecified atom stereocenters. The fraction of sp³-hybridized carbons (Fsp3) is 0. The van der Waals surface area contributed by atoms with Crippen LogP contribution in [0.5, 0.6) is 0 Å². The molecule has 0 atom stereocenters. The van der Waals surface area contributed by atoms with Gasteiger partial charge in [0.25, 0.3) is 9.12 Å². The van der Waals surface area contributed by atoms with Crippen molar-refractivity contribution in [3.8, 4) is 0 Å². The first-order chi connectivity index (χ1) is 2.00. The van der Waals surface area contributed by atoms with Crippen molar-refractivity contribution in [2.24, 2.45) is 0 Å². The molecule has 4 heavy (non-hydrogen) atoms. The Morgan fingerprint density at radius 3 is 1.50 bits per heavy atom. The average molecular weight is 143 g/mol. The molecule has 0 aliphatic rings. The number of hydrogen-bond donors (Lipinski definition) is 0.